The summed E-state index contributed by atoms with van der Waals surface area (Å²) in [5.41, 5.74) is 2.76. The summed E-state index contributed by atoms with van der Waals surface area (Å²) in [6, 6.07) is 10.5. The second kappa shape index (κ2) is 8.65. The molecule has 27 heavy (non-hydrogen) atoms. The second-order valence-electron chi connectivity index (χ2n) is 6.43. The molecular formula is C19H23ClN2O3S2. The van der Waals surface area contributed by atoms with E-state index in [1.54, 1.807) is 6.07 Å². The van der Waals surface area contributed by atoms with E-state index >= 15 is 0 Å². The zero-order valence-electron chi connectivity index (χ0n) is 15.9. The minimum atomic E-state index is -3.70. The Morgan fingerprint density at radius 1 is 1.11 bits per heavy atom. The number of rotatable bonds is 6. The fourth-order valence-corrected chi connectivity index (χ4v) is 4.62. The van der Waals surface area contributed by atoms with Crippen LogP contribution in [0.2, 0.25) is 5.02 Å². The zero-order valence-corrected chi connectivity index (χ0v) is 18.3. The van der Waals surface area contributed by atoms with Crippen molar-refractivity contribution in [2.45, 2.75) is 35.8 Å². The first kappa shape index (κ1) is 21.8. The lowest BCUT2D eigenvalue weighted by Crippen LogP contribution is -2.24. The zero-order chi connectivity index (χ0) is 20.4. The van der Waals surface area contributed by atoms with Gasteiger partial charge in [-0.2, -0.15) is 0 Å². The summed E-state index contributed by atoms with van der Waals surface area (Å²) in [5, 5.41) is 2.53. The molecule has 0 aliphatic heterocycles. The van der Waals surface area contributed by atoms with Crippen LogP contribution >= 0.6 is 23.4 Å². The Hall–Kier alpha value is -1.54. The fourth-order valence-electron chi connectivity index (χ4n) is 2.26. The van der Waals surface area contributed by atoms with Gasteiger partial charge < -0.3 is 5.32 Å². The van der Waals surface area contributed by atoms with E-state index in [0.717, 1.165) is 9.20 Å². The van der Waals surface area contributed by atoms with Crippen LogP contribution in [0.15, 0.2) is 46.2 Å². The lowest BCUT2D eigenvalue weighted by Gasteiger charge is -2.16. The van der Waals surface area contributed by atoms with E-state index in [1.165, 1.54) is 49.1 Å². The average Bonchev–Trinajstić information content (AvgIpc) is 2.59. The van der Waals surface area contributed by atoms with Gasteiger partial charge in [0.05, 0.1) is 10.3 Å². The first-order valence-corrected chi connectivity index (χ1v) is 11.0. The van der Waals surface area contributed by atoms with Gasteiger partial charge in [-0.05, 0) is 62.2 Å². The van der Waals surface area contributed by atoms with Crippen LogP contribution in [0, 0.1) is 13.8 Å². The summed E-state index contributed by atoms with van der Waals surface area (Å²) in [6.45, 7) is 5.88. The van der Waals surface area contributed by atoms with Crippen LogP contribution in [0.25, 0.3) is 0 Å². The lowest BCUT2D eigenvalue weighted by molar-refractivity contribution is -0.115. The fraction of sp³-hybridized carbons (Fsp3) is 0.316. The molecule has 0 aromatic heterocycles. The van der Waals surface area contributed by atoms with Crippen LogP contribution in [-0.4, -0.2) is 38.0 Å². The van der Waals surface area contributed by atoms with Gasteiger partial charge in [0.2, 0.25) is 15.9 Å². The molecule has 2 rings (SSSR count). The van der Waals surface area contributed by atoms with E-state index < -0.39 is 10.0 Å². The van der Waals surface area contributed by atoms with E-state index in [-0.39, 0.29) is 21.1 Å². The maximum absolute atomic E-state index is 12.5. The Balaban J connectivity index is 2.16. The van der Waals surface area contributed by atoms with Crippen LogP contribution in [0.3, 0.4) is 0 Å². The number of thioether (sulfide) groups is 1. The van der Waals surface area contributed by atoms with Crippen molar-refractivity contribution in [1.29, 1.82) is 0 Å². The molecule has 0 aliphatic carbocycles. The molecule has 8 heteroatoms. The number of carbonyl (C=O) groups is 1. The van der Waals surface area contributed by atoms with E-state index in [9.17, 15) is 13.2 Å². The normalized spacial score (nSPS) is 12.9. The highest BCUT2D eigenvalue weighted by Gasteiger charge is 2.22. The molecule has 0 saturated heterocycles. The van der Waals surface area contributed by atoms with Gasteiger partial charge in [-0.15, -0.1) is 11.8 Å². The maximum atomic E-state index is 12.5. The standard InChI is InChI=1S/C19H23ClN2O3S2/c1-12-6-8-16(10-13(12)2)26-14(3)19(23)21-15-7-9-17(20)18(11-15)27(24,25)22(4)5/h6-11,14H,1-5H3,(H,21,23). The van der Waals surface area contributed by atoms with Gasteiger partial charge in [-0.1, -0.05) is 17.7 Å². The molecule has 0 saturated carbocycles. The maximum Gasteiger partial charge on any atom is 0.244 e. The van der Waals surface area contributed by atoms with Gasteiger partial charge >= 0.3 is 0 Å². The Labute approximate surface area is 170 Å². The van der Waals surface area contributed by atoms with Gasteiger partial charge in [0.25, 0.3) is 0 Å². The number of carbonyl (C=O) groups excluding carboxylic acids is 1. The summed E-state index contributed by atoms with van der Waals surface area (Å²) < 4.78 is 25.8. The Kier molecular flexibility index (Phi) is 6.97. The molecule has 2 aromatic carbocycles. The third kappa shape index (κ3) is 5.25. The first-order valence-electron chi connectivity index (χ1n) is 8.29. The number of benzene rings is 2. The van der Waals surface area contributed by atoms with Gasteiger partial charge in [0.15, 0.2) is 0 Å². The predicted octanol–water partition coefficient (Wildman–Crippen LogP) is 4.33. The molecule has 5 nitrogen and oxygen atoms in total. The SMILES string of the molecule is Cc1ccc(SC(C)C(=O)Nc2ccc(Cl)c(S(=O)(=O)N(C)C)c2)cc1C. The molecule has 1 atom stereocenters. The molecule has 0 spiro atoms. The number of hydrogen-bond donors (Lipinski definition) is 1. The smallest absolute Gasteiger partial charge is 0.244 e. The third-order valence-electron chi connectivity index (χ3n) is 4.12. The van der Waals surface area contributed by atoms with Crippen molar-refractivity contribution < 1.29 is 13.2 Å². The third-order valence-corrected chi connectivity index (χ3v) is 7.51. The van der Waals surface area contributed by atoms with E-state index in [0.29, 0.717) is 5.69 Å². The molecular weight excluding hydrogens is 404 g/mol. The van der Waals surface area contributed by atoms with E-state index in [1.807, 2.05) is 39.0 Å². The average molecular weight is 427 g/mol. The van der Waals surface area contributed by atoms with Crippen molar-refractivity contribution >= 4 is 45.0 Å². The van der Waals surface area contributed by atoms with Gasteiger partial charge in [-0.25, -0.2) is 12.7 Å². The van der Waals surface area contributed by atoms with Crippen molar-refractivity contribution in [2.75, 3.05) is 19.4 Å². The summed E-state index contributed by atoms with van der Waals surface area (Å²) in [4.78, 5) is 13.5. The second-order valence-corrected chi connectivity index (χ2v) is 10.4. The molecule has 0 aliphatic rings. The molecule has 2 aromatic rings. The Bertz CT molecular complexity index is 959. The number of anilines is 1. The summed E-state index contributed by atoms with van der Waals surface area (Å²) in [5.74, 6) is -0.214. The van der Waals surface area contributed by atoms with Crippen LogP contribution < -0.4 is 5.32 Å². The first-order chi connectivity index (χ1) is 12.5. The number of sulfonamides is 1. The molecule has 0 heterocycles. The Morgan fingerprint density at radius 2 is 1.78 bits per heavy atom. The highest BCUT2D eigenvalue weighted by Crippen LogP contribution is 2.29. The van der Waals surface area contributed by atoms with E-state index in [2.05, 4.69) is 5.32 Å². The topological polar surface area (TPSA) is 66.5 Å². The Morgan fingerprint density at radius 3 is 2.37 bits per heavy atom. The number of hydrogen-bond acceptors (Lipinski definition) is 4. The summed E-state index contributed by atoms with van der Waals surface area (Å²) in [6.07, 6.45) is 0. The van der Waals surface area contributed by atoms with Gasteiger partial charge in [0.1, 0.15) is 4.90 Å². The van der Waals surface area contributed by atoms with Gasteiger partial charge in [-0.3, -0.25) is 4.79 Å². The largest absolute Gasteiger partial charge is 0.325 e. The van der Waals surface area contributed by atoms with Crippen LogP contribution in [0.5, 0.6) is 0 Å². The molecule has 146 valence electrons. The van der Waals surface area contributed by atoms with E-state index in [4.69, 9.17) is 11.6 Å². The molecule has 0 radical (unpaired) electrons. The number of nitrogens with zero attached hydrogens (tertiary/aromatic N) is 1. The minimum Gasteiger partial charge on any atom is -0.325 e. The number of amides is 1. The van der Waals surface area contributed by atoms with Crippen molar-refractivity contribution in [3.63, 3.8) is 0 Å². The molecule has 0 fully saturated rings. The lowest BCUT2D eigenvalue weighted by atomic mass is 10.1. The molecule has 1 N–H and O–H groups in total. The number of halogens is 1. The monoisotopic (exact) mass is 426 g/mol. The quantitative estimate of drug-likeness (QED) is 0.698. The molecule has 1 unspecified atom stereocenters. The van der Waals surface area contributed by atoms with Crippen molar-refractivity contribution in [3.05, 3.63) is 52.5 Å². The number of nitrogens with one attached hydrogen (secondary N) is 1. The summed E-state index contributed by atoms with van der Waals surface area (Å²) >= 11 is 7.48. The minimum absolute atomic E-state index is 0.0403. The van der Waals surface area contributed by atoms with Crippen molar-refractivity contribution in [2.24, 2.45) is 0 Å². The van der Waals surface area contributed by atoms with Crippen molar-refractivity contribution in [1.82, 2.24) is 4.31 Å². The summed E-state index contributed by atoms with van der Waals surface area (Å²) in [7, 11) is -0.839. The van der Waals surface area contributed by atoms with Crippen molar-refractivity contribution in [3.8, 4) is 0 Å². The van der Waals surface area contributed by atoms with Gasteiger partial charge in [0, 0.05) is 24.7 Å². The number of aryl methyl sites for hydroxylation is 2. The highest BCUT2D eigenvalue weighted by molar-refractivity contribution is 8.00. The van der Waals surface area contributed by atoms with Crippen LogP contribution in [0.1, 0.15) is 18.1 Å². The highest BCUT2D eigenvalue weighted by atomic mass is 35.5. The predicted molar refractivity (Wildman–Crippen MR) is 112 cm³/mol. The molecule has 0 bridgehead atoms. The van der Waals surface area contributed by atoms with Crippen LogP contribution in [-0.2, 0) is 14.8 Å². The van der Waals surface area contributed by atoms with Crippen LogP contribution in [0.4, 0.5) is 5.69 Å². The molecule has 1 amide bonds.